The van der Waals surface area contributed by atoms with Gasteiger partial charge in [-0.05, 0) is 36.2 Å². The summed E-state index contributed by atoms with van der Waals surface area (Å²) in [5.41, 5.74) is 0.283. The predicted octanol–water partition coefficient (Wildman–Crippen LogP) is 3.15. The van der Waals surface area contributed by atoms with Gasteiger partial charge in [0.25, 0.3) is 0 Å². The Hall–Kier alpha value is -3.69. The zero-order valence-corrected chi connectivity index (χ0v) is 17.3. The Kier molecular flexibility index (Phi) is 4.77. The molecule has 0 aromatic heterocycles. The van der Waals surface area contributed by atoms with Crippen LogP contribution in [0.15, 0.2) is 53.6 Å². The molecule has 0 spiro atoms. The van der Waals surface area contributed by atoms with Gasteiger partial charge in [0.05, 0.1) is 41.9 Å². The van der Waals surface area contributed by atoms with Crippen LogP contribution in [-0.2, 0) is 25.3 Å². The van der Waals surface area contributed by atoms with Gasteiger partial charge in [0.15, 0.2) is 6.04 Å². The number of esters is 1. The lowest BCUT2D eigenvalue weighted by molar-refractivity contribution is -0.152. The van der Waals surface area contributed by atoms with Crippen LogP contribution in [0.4, 0.5) is 18.9 Å². The molecule has 0 saturated carbocycles. The zero-order valence-electron chi connectivity index (χ0n) is 17.3. The molecule has 2 amide bonds. The van der Waals surface area contributed by atoms with Crippen molar-refractivity contribution in [3.8, 4) is 0 Å². The summed E-state index contributed by atoms with van der Waals surface area (Å²) >= 11 is 0. The highest BCUT2D eigenvalue weighted by Crippen LogP contribution is 2.52. The number of hydrogen-bond acceptors (Lipinski definition) is 6. The number of amides is 2. The van der Waals surface area contributed by atoms with E-state index in [2.05, 4.69) is 5.10 Å². The summed E-state index contributed by atoms with van der Waals surface area (Å²) < 4.78 is 44.9. The van der Waals surface area contributed by atoms with E-state index >= 15 is 0 Å². The maximum absolute atomic E-state index is 13.5. The molecule has 3 aliphatic heterocycles. The average molecular weight is 457 g/mol. The summed E-state index contributed by atoms with van der Waals surface area (Å²) in [4.78, 5) is 40.6. The second-order valence-electron chi connectivity index (χ2n) is 8.01. The van der Waals surface area contributed by atoms with Gasteiger partial charge < -0.3 is 4.74 Å². The average Bonchev–Trinajstić information content (AvgIpc) is 3.26. The molecule has 2 aromatic rings. The minimum atomic E-state index is -4.64. The van der Waals surface area contributed by atoms with Crippen LogP contribution in [0.5, 0.6) is 0 Å². The van der Waals surface area contributed by atoms with E-state index in [0.717, 1.165) is 28.7 Å². The Morgan fingerprint density at radius 1 is 1.06 bits per heavy atom. The van der Waals surface area contributed by atoms with Gasteiger partial charge >= 0.3 is 12.1 Å². The van der Waals surface area contributed by atoms with Gasteiger partial charge in [0.1, 0.15) is 0 Å². The quantitative estimate of drug-likeness (QED) is 0.523. The van der Waals surface area contributed by atoms with Crippen LogP contribution in [0.25, 0.3) is 0 Å². The van der Waals surface area contributed by atoms with Crippen molar-refractivity contribution >= 4 is 29.7 Å². The first-order valence-corrected chi connectivity index (χ1v) is 10.4. The molecule has 3 heterocycles. The molecule has 3 aliphatic rings. The summed E-state index contributed by atoms with van der Waals surface area (Å²) in [7, 11) is 0. The molecular weight excluding hydrogens is 439 g/mol. The highest BCUT2D eigenvalue weighted by Gasteiger charge is 2.66. The second kappa shape index (κ2) is 7.43. The van der Waals surface area contributed by atoms with Gasteiger partial charge in [-0.25, -0.2) is 9.69 Å². The molecule has 7 nitrogen and oxygen atoms in total. The number of benzene rings is 2. The Labute approximate surface area is 186 Å². The number of anilines is 1. The Balaban J connectivity index is 1.62. The highest BCUT2D eigenvalue weighted by molar-refractivity contribution is 6.24. The number of halogens is 3. The smallest absolute Gasteiger partial charge is 0.416 e. The first kappa shape index (κ1) is 21.2. The van der Waals surface area contributed by atoms with Crippen LogP contribution in [-0.4, -0.2) is 41.7 Å². The van der Waals surface area contributed by atoms with E-state index in [0.29, 0.717) is 5.56 Å². The third-order valence-electron chi connectivity index (χ3n) is 6.25. The molecule has 2 fully saturated rings. The Bertz CT molecular complexity index is 1200. The van der Waals surface area contributed by atoms with Crippen molar-refractivity contribution in [1.82, 2.24) is 5.01 Å². The number of fused-ring (bicyclic) bond motifs is 5. The van der Waals surface area contributed by atoms with Crippen LogP contribution in [0.3, 0.4) is 0 Å². The molecule has 0 N–H and O–H groups in total. The molecule has 2 aromatic carbocycles. The summed E-state index contributed by atoms with van der Waals surface area (Å²) in [6.45, 7) is 1.68. The van der Waals surface area contributed by atoms with Crippen LogP contribution in [0.1, 0.15) is 29.7 Å². The maximum Gasteiger partial charge on any atom is 0.416 e. The van der Waals surface area contributed by atoms with E-state index < -0.39 is 53.4 Å². The number of carbonyl (C=O) groups is 3. The molecule has 0 bridgehead atoms. The van der Waals surface area contributed by atoms with Crippen molar-refractivity contribution in [3.05, 3.63) is 65.2 Å². The van der Waals surface area contributed by atoms with Crippen molar-refractivity contribution in [3.63, 3.8) is 0 Å². The van der Waals surface area contributed by atoms with E-state index in [1.165, 1.54) is 11.1 Å². The molecule has 10 heteroatoms. The SMILES string of the molecule is CCOC(=O)[C@@H]1[C@@H]2C(=O)N(c3cccc(C(F)(F)F)c3)C(=O)[C@@H]2[C@H]2c3ccccc3C=NN12. The Morgan fingerprint density at radius 2 is 1.79 bits per heavy atom. The summed E-state index contributed by atoms with van der Waals surface area (Å²) in [5.74, 6) is -4.26. The van der Waals surface area contributed by atoms with Crippen molar-refractivity contribution in [2.75, 3.05) is 11.5 Å². The summed E-state index contributed by atoms with van der Waals surface area (Å²) in [6.07, 6.45) is -3.09. The standard InChI is InChI=1S/C23H18F3N3O4/c1-2-33-22(32)19-17-16(18-15-9-4-3-6-12(15)11-27-29(18)19)20(30)28(21(17)31)14-8-5-7-13(10-14)23(24,25)26/h3-11,16-19H,2H2,1H3/t16-,17+,18+,19-/m0/s1. The fraction of sp³-hybridized carbons (Fsp3) is 0.304. The van der Waals surface area contributed by atoms with Crippen molar-refractivity contribution in [2.24, 2.45) is 16.9 Å². The van der Waals surface area contributed by atoms with E-state index in [-0.39, 0.29) is 12.3 Å². The molecule has 33 heavy (non-hydrogen) atoms. The first-order chi connectivity index (χ1) is 15.7. The molecule has 0 unspecified atom stereocenters. The normalized spacial score (nSPS) is 25.7. The van der Waals surface area contributed by atoms with Gasteiger partial charge in [0, 0.05) is 0 Å². The number of alkyl halides is 3. The fourth-order valence-electron chi connectivity index (χ4n) is 4.94. The monoisotopic (exact) mass is 457 g/mol. The topological polar surface area (TPSA) is 79.3 Å². The number of hydrogen-bond donors (Lipinski definition) is 0. The number of carbonyl (C=O) groups excluding carboxylic acids is 3. The third kappa shape index (κ3) is 3.12. The lowest BCUT2D eigenvalue weighted by Gasteiger charge is -2.33. The summed E-state index contributed by atoms with van der Waals surface area (Å²) in [5, 5.41) is 5.77. The minimum absolute atomic E-state index is 0.0605. The number of hydrazone groups is 1. The number of nitrogens with zero attached hydrogens (tertiary/aromatic N) is 3. The molecule has 5 rings (SSSR count). The zero-order chi connectivity index (χ0) is 23.5. The molecule has 2 saturated heterocycles. The molecular formula is C23H18F3N3O4. The molecule has 0 aliphatic carbocycles. The lowest BCUT2D eigenvalue weighted by Crippen LogP contribution is -2.45. The van der Waals surface area contributed by atoms with Crippen LogP contribution >= 0.6 is 0 Å². The van der Waals surface area contributed by atoms with Crippen LogP contribution in [0, 0.1) is 11.8 Å². The van der Waals surface area contributed by atoms with Gasteiger partial charge in [-0.15, -0.1) is 0 Å². The van der Waals surface area contributed by atoms with Crippen molar-refractivity contribution in [1.29, 1.82) is 0 Å². The van der Waals surface area contributed by atoms with Crippen LogP contribution in [0.2, 0.25) is 0 Å². The van der Waals surface area contributed by atoms with Gasteiger partial charge in [-0.2, -0.15) is 18.3 Å². The van der Waals surface area contributed by atoms with Gasteiger partial charge in [0.2, 0.25) is 11.8 Å². The predicted molar refractivity (Wildman–Crippen MR) is 110 cm³/mol. The number of ether oxygens (including phenoxy) is 1. The summed E-state index contributed by atoms with van der Waals surface area (Å²) in [6, 6.07) is 9.31. The fourth-order valence-corrected chi connectivity index (χ4v) is 4.94. The van der Waals surface area contributed by atoms with Crippen LogP contribution < -0.4 is 4.90 Å². The lowest BCUT2D eigenvalue weighted by atomic mass is 9.85. The molecule has 4 atom stereocenters. The second-order valence-corrected chi connectivity index (χ2v) is 8.01. The molecule has 170 valence electrons. The number of rotatable bonds is 3. The number of imide groups is 1. The third-order valence-corrected chi connectivity index (χ3v) is 6.25. The van der Waals surface area contributed by atoms with E-state index in [1.807, 2.05) is 0 Å². The van der Waals surface area contributed by atoms with Gasteiger partial charge in [-0.1, -0.05) is 30.3 Å². The van der Waals surface area contributed by atoms with E-state index in [1.54, 1.807) is 37.4 Å². The van der Waals surface area contributed by atoms with Crippen molar-refractivity contribution in [2.45, 2.75) is 25.2 Å². The van der Waals surface area contributed by atoms with Gasteiger partial charge in [-0.3, -0.25) is 14.6 Å². The van der Waals surface area contributed by atoms with E-state index in [4.69, 9.17) is 4.74 Å². The Morgan fingerprint density at radius 3 is 2.52 bits per heavy atom. The highest BCUT2D eigenvalue weighted by atomic mass is 19.4. The molecule has 0 radical (unpaired) electrons. The van der Waals surface area contributed by atoms with Crippen molar-refractivity contribution < 1.29 is 32.3 Å². The maximum atomic E-state index is 13.5. The first-order valence-electron chi connectivity index (χ1n) is 10.4. The largest absolute Gasteiger partial charge is 0.464 e. The van der Waals surface area contributed by atoms with E-state index in [9.17, 15) is 27.6 Å². The minimum Gasteiger partial charge on any atom is -0.464 e.